The number of nitrogens with zero attached hydrogens (tertiary/aromatic N) is 2. The zero-order chi connectivity index (χ0) is 21.5. The van der Waals surface area contributed by atoms with Gasteiger partial charge >= 0.3 is 0 Å². The minimum Gasteiger partial charge on any atom is -0.343 e. The maximum atomic E-state index is 13.4. The Bertz CT molecular complexity index is 1090. The monoisotopic (exact) mass is 418 g/mol. The minimum absolute atomic E-state index is 0.136. The number of nitrogens with one attached hydrogen (secondary N) is 2. The standard InChI is InChI=1S/C25H30N4O2/c1-15(2)16-9-11-17(12-10-16)20-21-18(7-6-8-19(21)30)26-23-22(20)24(31)28-25(27-23)29-13-4-3-5-14-29/h9-12,15,20H,3-8,13-14H2,1-2H3,(H2,26,27,28,31)/t20-/m0/s1. The van der Waals surface area contributed by atoms with E-state index < -0.39 is 0 Å². The van der Waals surface area contributed by atoms with E-state index in [0.717, 1.165) is 55.6 Å². The molecule has 5 rings (SSSR count). The number of benzene rings is 1. The van der Waals surface area contributed by atoms with Gasteiger partial charge in [-0.15, -0.1) is 0 Å². The van der Waals surface area contributed by atoms with Crippen molar-refractivity contribution in [3.8, 4) is 0 Å². The number of anilines is 2. The van der Waals surface area contributed by atoms with Crippen LogP contribution in [0.1, 0.15) is 80.9 Å². The molecule has 1 aliphatic carbocycles. The predicted octanol–water partition coefficient (Wildman–Crippen LogP) is 4.45. The van der Waals surface area contributed by atoms with Gasteiger partial charge in [-0.25, -0.2) is 0 Å². The number of hydrogen-bond donors (Lipinski definition) is 2. The molecule has 2 aromatic rings. The number of piperidine rings is 1. The lowest BCUT2D eigenvalue weighted by Gasteiger charge is -2.34. The first-order chi connectivity index (χ1) is 15.0. The van der Waals surface area contributed by atoms with Crippen molar-refractivity contribution in [2.45, 2.75) is 64.2 Å². The molecule has 31 heavy (non-hydrogen) atoms. The summed E-state index contributed by atoms with van der Waals surface area (Å²) in [4.78, 5) is 36.4. The predicted molar refractivity (Wildman–Crippen MR) is 123 cm³/mol. The molecule has 6 nitrogen and oxygen atoms in total. The van der Waals surface area contributed by atoms with Gasteiger partial charge in [0, 0.05) is 36.7 Å². The average molecular weight is 419 g/mol. The van der Waals surface area contributed by atoms with Crippen LogP contribution in [-0.2, 0) is 4.79 Å². The second kappa shape index (κ2) is 7.98. The van der Waals surface area contributed by atoms with Crippen LogP contribution in [0.4, 0.5) is 11.8 Å². The minimum atomic E-state index is -0.369. The molecule has 2 aliphatic heterocycles. The quantitative estimate of drug-likeness (QED) is 0.770. The molecule has 0 saturated carbocycles. The SMILES string of the molecule is CC(C)c1ccc([C@H]2C3=C(CCCC3=O)Nc3nc(N4CCCCC4)[nH]c(=O)c32)cc1. The lowest BCUT2D eigenvalue weighted by Crippen LogP contribution is -2.36. The van der Waals surface area contributed by atoms with Gasteiger partial charge < -0.3 is 10.2 Å². The number of carbonyl (C=O) groups excluding carboxylic acids is 1. The van der Waals surface area contributed by atoms with Crippen LogP contribution in [0.3, 0.4) is 0 Å². The van der Waals surface area contributed by atoms with E-state index in [-0.39, 0.29) is 17.3 Å². The Labute approximate surface area is 182 Å². The second-order valence-corrected chi connectivity index (χ2v) is 9.25. The van der Waals surface area contributed by atoms with Crippen LogP contribution >= 0.6 is 0 Å². The molecule has 3 aliphatic rings. The summed E-state index contributed by atoms with van der Waals surface area (Å²) in [5.74, 6) is 1.44. The van der Waals surface area contributed by atoms with Gasteiger partial charge in [0.05, 0.1) is 5.56 Å². The van der Waals surface area contributed by atoms with Gasteiger partial charge in [-0.3, -0.25) is 14.6 Å². The third-order valence-electron chi connectivity index (χ3n) is 6.84. The second-order valence-electron chi connectivity index (χ2n) is 9.25. The van der Waals surface area contributed by atoms with Crippen LogP contribution < -0.4 is 15.8 Å². The Hall–Kier alpha value is -2.89. The average Bonchev–Trinajstić information content (AvgIpc) is 2.78. The van der Waals surface area contributed by atoms with Crippen molar-refractivity contribution in [3.63, 3.8) is 0 Å². The third-order valence-corrected chi connectivity index (χ3v) is 6.84. The zero-order valence-corrected chi connectivity index (χ0v) is 18.3. The summed E-state index contributed by atoms with van der Waals surface area (Å²) in [6, 6.07) is 8.36. The number of aromatic amines is 1. The summed E-state index contributed by atoms with van der Waals surface area (Å²) in [5.41, 5.74) is 4.31. The summed E-state index contributed by atoms with van der Waals surface area (Å²) >= 11 is 0. The molecule has 0 radical (unpaired) electrons. The van der Waals surface area contributed by atoms with Crippen molar-refractivity contribution in [1.29, 1.82) is 0 Å². The summed E-state index contributed by atoms with van der Waals surface area (Å²) < 4.78 is 0. The van der Waals surface area contributed by atoms with Crippen LogP contribution in [0.5, 0.6) is 0 Å². The van der Waals surface area contributed by atoms with Crippen LogP contribution in [0.25, 0.3) is 0 Å². The number of rotatable bonds is 3. The zero-order valence-electron chi connectivity index (χ0n) is 18.3. The molecule has 1 aromatic carbocycles. The molecule has 1 saturated heterocycles. The van der Waals surface area contributed by atoms with Crippen molar-refractivity contribution >= 4 is 17.5 Å². The number of H-pyrrole nitrogens is 1. The molecular weight excluding hydrogens is 388 g/mol. The van der Waals surface area contributed by atoms with Crippen molar-refractivity contribution in [1.82, 2.24) is 9.97 Å². The van der Waals surface area contributed by atoms with Crippen LogP contribution in [-0.4, -0.2) is 28.8 Å². The number of aromatic nitrogens is 2. The Balaban J connectivity index is 1.64. The molecule has 2 N–H and O–H groups in total. The highest BCUT2D eigenvalue weighted by Gasteiger charge is 2.38. The molecule has 0 bridgehead atoms. The van der Waals surface area contributed by atoms with Crippen molar-refractivity contribution in [2.75, 3.05) is 23.3 Å². The number of ketones is 1. The Morgan fingerprint density at radius 2 is 1.74 bits per heavy atom. The highest BCUT2D eigenvalue weighted by Crippen LogP contribution is 2.43. The molecule has 6 heteroatoms. The molecule has 3 heterocycles. The normalized spacial score (nSPS) is 21.1. The summed E-state index contributed by atoms with van der Waals surface area (Å²) in [7, 11) is 0. The van der Waals surface area contributed by atoms with Crippen LogP contribution in [0, 0.1) is 0 Å². The number of hydrogen-bond acceptors (Lipinski definition) is 5. The van der Waals surface area contributed by atoms with Crippen molar-refractivity contribution in [2.24, 2.45) is 0 Å². The molecule has 162 valence electrons. The van der Waals surface area contributed by atoms with Gasteiger partial charge in [-0.05, 0) is 49.1 Å². The fourth-order valence-corrected chi connectivity index (χ4v) is 5.11. The largest absolute Gasteiger partial charge is 0.343 e. The van der Waals surface area contributed by atoms with Gasteiger partial charge in [0.25, 0.3) is 5.56 Å². The van der Waals surface area contributed by atoms with E-state index in [1.165, 1.54) is 12.0 Å². The lowest BCUT2D eigenvalue weighted by molar-refractivity contribution is -0.116. The molecule has 1 atom stereocenters. The first-order valence-electron chi connectivity index (χ1n) is 11.5. The van der Waals surface area contributed by atoms with E-state index in [4.69, 9.17) is 4.98 Å². The maximum absolute atomic E-state index is 13.4. The number of allylic oxidation sites excluding steroid dienone is 2. The highest BCUT2D eigenvalue weighted by atomic mass is 16.1. The van der Waals surface area contributed by atoms with E-state index in [2.05, 4.69) is 53.3 Å². The summed E-state index contributed by atoms with van der Waals surface area (Å²) in [5, 5.41) is 3.38. The van der Waals surface area contributed by atoms with E-state index in [0.29, 0.717) is 29.7 Å². The smallest absolute Gasteiger partial charge is 0.258 e. The molecular formula is C25H30N4O2. The fourth-order valence-electron chi connectivity index (χ4n) is 5.11. The van der Waals surface area contributed by atoms with E-state index in [1.54, 1.807) is 0 Å². The lowest BCUT2D eigenvalue weighted by atomic mass is 9.76. The molecule has 0 unspecified atom stereocenters. The van der Waals surface area contributed by atoms with Crippen molar-refractivity contribution < 1.29 is 4.79 Å². The fraction of sp³-hybridized carbons (Fsp3) is 0.480. The van der Waals surface area contributed by atoms with E-state index >= 15 is 0 Å². The van der Waals surface area contributed by atoms with Gasteiger partial charge in [0.15, 0.2) is 5.78 Å². The third kappa shape index (κ3) is 3.58. The van der Waals surface area contributed by atoms with E-state index in [1.807, 2.05) is 0 Å². The Kier molecular flexibility index (Phi) is 5.16. The Morgan fingerprint density at radius 3 is 2.45 bits per heavy atom. The molecule has 0 spiro atoms. The summed E-state index contributed by atoms with van der Waals surface area (Å²) in [6.07, 6.45) is 5.63. The van der Waals surface area contributed by atoms with Crippen LogP contribution in [0.2, 0.25) is 0 Å². The van der Waals surface area contributed by atoms with Crippen LogP contribution in [0.15, 0.2) is 40.3 Å². The Morgan fingerprint density at radius 1 is 1.00 bits per heavy atom. The first-order valence-corrected chi connectivity index (χ1v) is 11.5. The number of carbonyl (C=O) groups is 1. The van der Waals surface area contributed by atoms with Gasteiger partial charge in [-0.1, -0.05) is 38.1 Å². The number of fused-ring (bicyclic) bond motifs is 1. The molecule has 1 aromatic heterocycles. The highest BCUT2D eigenvalue weighted by molar-refractivity contribution is 6.00. The first kappa shape index (κ1) is 20.0. The van der Waals surface area contributed by atoms with Gasteiger partial charge in [0.1, 0.15) is 5.82 Å². The van der Waals surface area contributed by atoms with Gasteiger partial charge in [-0.2, -0.15) is 4.98 Å². The van der Waals surface area contributed by atoms with Crippen molar-refractivity contribution in [3.05, 3.63) is 62.6 Å². The molecule has 1 fully saturated rings. The number of Topliss-reactive ketones (excluding diaryl/α,β-unsaturated/α-hetero) is 1. The topological polar surface area (TPSA) is 78.1 Å². The molecule has 0 amide bonds. The maximum Gasteiger partial charge on any atom is 0.258 e. The van der Waals surface area contributed by atoms with E-state index in [9.17, 15) is 9.59 Å². The van der Waals surface area contributed by atoms with Gasteiger partial charge in [0.2, 0.25) is 5.95 Å². The summed E-state index contributed by atoms with van der Waals surface area (Å²) in [6.45, 7) is 6.15.